The normalized spacial score (nSPS) is 24.0. The average Bonchev–Trinajstić information content (AvgIpc) is 2.70. The lowest BCUT2D eigenvalue weighted by Crippen LogP contribution is -2.29. The summed E-state index contributed by atoms with van der Waals surface area (Å²) in [6, 6.07) is 0.492. The van der Waals surface area contributed by atoms with Crippen molar-refractivity contribution in [1.82, 2.24) is 0 Å². The Morgan fingerprint density at radius 1 is 1.29 bits per heavy atom. The maximum atomic E-state index is 6.18. The Balaban J connectivity index is 1.94. The number of unbranched alkanes of at least 4 members (excludes halogenated alkanes) is 4. The molecule has 0 aromatic rings. The molecule has 2 heteroatoms. The van der Waals surface area contributed by atoms with Gasteiger partial charge in [0.05, 0.1) is 0 Å². The fourth-order valence-corrected chi connectivity index (χ4v) is 3.46. The van der Waals surface area contributed by atoms with E-state index in [2.05, 4.69) is 18.7 Å². The van der Waals surface area contributed by atoms with Gasteiger partial charge in [-0.3, -0.25) is 0 Å². The molecule has 0 radical (unpaired) electrons. The van der Waals surface area contributed by atoms with Crippen LogP contribution in [0.4, 0.5) is 0 Å². The Hall–Kier alpha value is 0.310. The van der Waals surface area contributed by atoms with Gasteiger partial charge in [-0.1, -0.05) is 39.0 Å². The van der Waals surface area contributed by atoms with Crippen molar-refractivity contribution in [3.8, 4) is 0 Å². The lowest BCUT2D eigenvalue weighted by Gasteiger charge is -2.17. The van der Waals surface area contributed by atoms with Crippen molar-refractivity contribution < 1.29 is 0 Å². The Kier molecular flexibility index (Phi) is 6.70. The van der Waals surface area contributed by atoms with Crippen molar-refractivity contribution in [3.63, 3.8) is 0 Å². The first-order chi connectivity index (χ1) is 6.84. The topological polar surface area (TPSA) is 26.0 Å². The van der Waals surface area contributed by atoms with E-state index in [-0.39, 0.29) is 0 Å². The van der Waals surface area contributed by atoms with Crippen LogP contribution in [-0.2, 0) is 0 Å². The van der Waals surface area contributed by atoms with E-state index in [0.29, 0.717) is 6.04 Å². The molecule has 1 rings (SSSR count). The predicted molar refractivity (Wildman–Crippen MR) is 66.8 cm³/mol. The van der Waals surface area contributed by atoms with Gasteiger partial charge in [0.25, 0.3) is 0 Å². The van der Waals surface area contributed by atoms with Crippen LogP contribution in [0.2, 0.25) is 0 Å². The lowest BCUT2D eigenvalue weighted by atomic mass is 9.95. The second-order valence-electron chi connectivity index (χ2n) is 4.49. The van der Waals surface area contributed by atoms with Gasteiger partial charge in [-0.15, -0.1) is 0 Å². The van der Waals surface area contributed by atoms with Gasteiger partial charge in [-0.05, 0) is 30.3 Å². The number of thioether (sulfide) groups is 1. The van der Waals surface area contributed by atoms with Gasteiger partial charge >= 0.3 is 0 Å². The van der Waals surface area contributed by atoms with Crippen LogP contribution in [0.5, 0.6) is 0 Å². The molecule has 14 heavy (non-hydrogen) atoms. The van der Waals surface area contributed by atoms with Crippen molar-refractivity contribution in [2.45, 2.75) is 57.9 Å². The van der Waals surface area contributed by atoms with Crippen molar-refractivity contribution in [2.75, 3.05) is 11.5 Å². The Morgan fingerprint density at radius 3 is 2.71 bits per heavy atom. The van der Waals surface area contributed by atoms with E-state index < -0.39 is 0 Å². The van der Waals surface area contributed by atoms with E-state index in [1.807, 2.05) is 0 Å². The summed E-state index contributed by atoms with van der Waals surface area (Å²) in [5.41, 5.74) is 6.18. The van der Waals surface area contributed by atoms with Crippen LogP contribution in [0.25, 0.3) is 0 Å². The number of rotatable bonds is 7. The SMILES string of the molecule is CCCCCCCC(N)C1CCSC1. The summed E-state index contributed by atoms with van der Waals surface area (Å²) >= 11 is 2.08. The highest BCUT2D eigenvalue weighted by molar-refractivity contribution is 7.99. The molecular formula is C12H25NS. The molecule has 2 atom stereocenters. The van der Waals surface area contributed by atoms with Crippen molar-refractivity contribution in [2.24, 2.45) is 11.7 Å². The van der Waals surface area contributed by atoms with Crippen LogP contribution in [0.1, 0.15) is 51.9 Å². The summed E-state index contributed by atoms with van der Waals surface area (Å²) < 4.78 is 0. The van der Waals surface area contributed by atoms with E-state index in [4.69, 9.17) is 5.73 Å². The summed E-state index contributed by atoms with van der Waals surface area (Å²) in [4.78, 5) is 0. The molecule has 84 valence electrons. The lowest BCUT2D eigenvalue weighted by molar-refractivity contribution is 0.421. The first-order valence-corrected chi connectivity index (χ1v) is 7.33. The van der Waals surface area contributed by atoms with Gasteiger partial charge in [0, 0.05) is 6.04 Å². The fraction of sp³-hybridized carbons (Fsp3) is 1.00. The number of nitrogens with two attached hydrogens (primary N) is 1. The molecule has 1 aliphatic rings. The van der Waals surface area contributed by atoms with Gasteiger partial charge in [-0.2, -0.15) is 11.8 Å². The van der Waals surface area contributed by atoms with Gasteiger partial charge in [-0.25, -0.2) is 0 Å². The Bertz CT molecular complexity index is 132. The third-order valence-electron chi connectivity index (χ3n) is 3.21. The van der Waals surface area contributed by atoms with Crippen LogP contribution in [-0.4, -0.2) is 17.5 Å². The molecule has 1 fully saturated rings. The minimum atomic E-state index is 0.492. The van der Waals surface area contributed by atoms with Crippen LogP contribution >= 0.6 is 11.8 Å². The largest absolute Gasteiger partial charge is 0.327 e. The fourth-order valence-electron chi connectivity index (χ4n) is 2.11. The van der Waals surface area contributed by atoms with Gasteiger partial charge < -0.3 is 5.73 Å². The van der Waals surface area contributed by atoms with Crippen LogP contribution in [0.15, 0.2) is 0 Å². The molecular weight excluding hydrogens is 190 g/mol. The van der Waals surface area contributed by atoms with Crippen molar-refractivity contribution >= 4 is 11.8 Å². The third kappa shape index (κ3) is 4.70. The molecule has 1 heterocycles. The number of hydrogen-bond donors (Lipinski definition) is 1. The molecule has 2 N–H and O–H groups in total. The second kappa shape index (κ2) is 7.58. The summed E-state index contributed by atoms with van der Waals surface area (Å²) in [5.74, 6) is 3.48. The zero-order chi connectivity index (χ0) is 10.2. The molecule has 1 aliphatic heterocycles. The molecule has 0 saturated carbocycles. The molecule has 0 aliphatic carbocycles. The highest BCUT2D eigenvalue weighted by Gasteiger charge is 2.21. The van der Waals surface area contributed by atoms with Crippen molar-refractivity contribution in [3.05, 3.63) is 0 Å². The first-order valence-electron chi connectivity index (χ1n) is 6.18. The summed E-state index contributed by atoms with van der Waals surface area (Å²) in [7, 11) is 0. The van der Waals surface area contributed by atoms with Gasteiger partial charge in [0.2, 0.25) is 0 Å². The average molecular weight is 215 g/mol. The van der Waals surface area contributed by atoms with E-state index in [0.717, 1.165) is 5.92 Å². The van der Waals surface area contributed by atoms with E-state index in [1.165, 1.54) is 56.5 Å². The monoisotopic (exact) mass is 215 g/mol. The van der Waals surface area contributed by atoms with E-state index in [1.54, 1.807) is 0 Å². The van der Waals surface area contributed by atoms with Crippen LogP contribution in [0.3, 0.4) is 0 Å². The number of hydrogen-bond acceptors (Lipinski definition) is 2. The molecule has 1 nitrogen and oxygen atoms in total. The molecule has 0 aromatic carbocycles. The summed E-state index contributed by atoms with van der Waals surface area (Å²) in [5, 5.41) is 0. The third-order valence-corrected chi connectivity index (χ3v) is 4.40. The summed E-state index contributed by atoms with van der Waals surface area (Å²) in [6.45, 7) is 2.27. The quantitative estimate of drug-likeness (QED) is 0.659. The standard InChI is InChI=1S/C12H25NS/c1-2-3-4-5-6-7-12(13)11-8-9-14-10-11/h11-12H,2-10,13H2,1H3. The Morgan fingerprint density at radius 2 is 2.07 bits per heavy atom. The molecule has 0 spiro atoms. The zero-order valence-electron chi connectivity index (χ0n) is 9.50. The van der Waals surface area contributed by atoms with E-state index >= 15 is 0 Å². The van der Waals surface area contributed by atoms with Gasteiger partial charge in [0.1, 0.15) is 0 Å². The summed E-state index contributed by atoms with van der Waals surface area (Å²) in [6.07, 6.45) is 9.50. The highest BCUT2D eigenvalue weighted by Crippen LogP contribution is 2.27. The zero-order valence-corrected chi connectivity index (χ0v) is 10.3. The molecule has 2 unspecified atom stereocenters. The Labute approximate surface area is 93.2 Å². The predicted octanol–water partition coefficient (Wildman–Crippen LogP) is 3.43. The first kappa shape index (κ1) is 12.4. The molecule has 0 bridgehead atoms. The highest BCUT2D eigenvalue weighted by atomic mass is 32.2. The molecule has 0 amide bonds. The minimum Gasteiger partial charge on any atom is -0.327 e. The smallest absolute Gasteiger partial charge is 0.00753 e. The molecule has 0 aromatic heterocycles. The van der Waals surface area contributed by atoms with Gasteiger partial charge in [0.15, 0.2) is 0 Å². The molecule has 1 saturated heterocycles. The van der Waals surface area contributed by atoms with Crippen molar-refractivity contribution in [1.29, 1.82) is 0 Å². The van der Waals surface area contributed by atoms with Crippen LogP contribution in [0, 0.1) is 5.92 Å². The maximum Gasteiger partial charge on any atom is 0.00753 e. The van der Waals surface area contributed by atoms with Crippen LogP contribution < -0.4 is 5.73 Å². The maximum absolute atomic E-state index is 6.18. The van der Waals surface area contributed by atoms with E-state index in [9.17, 15) is 0 Å². The second-order valence-corrected chi connectivity index (χ2v) is 5.64. The minimum absolute atomic E-state index is 0.492.